The molecule has 0 amide bonds. The van der Waals surface area contributed by atoms with Crippen LogP contribution < -0.4 is 5.56 Å². The quantitative estimate of drug-likeness (QED) is 0.832. The van der Waals surface area contributed by atoms with Gasteiger partial charge in [0.2, 0.25) is 0 Å². The molecule has 0 unspecified atom stereocenters. The number of nitrogens with one attached hydrogen (secondary N) is 1. The minimum atomic E-state index is -0.231. The van der Waals surface area contributed by atoms with Crippen molar-refractivity contribution in [3.05, 3.63) is 21.6 Å². The lowest BCUT2D eigenvalue weighted by Crippen LogP contribution is -2.13. The Labute approximate surface area is 110 Å². The highest BCUT2D eigenvalue weighted by Gasteiger charge is 2.11. The van der Waals surface area contributed by atoms with Gasteiger partial charge >= 0.3 is 0 Å². The number of aliphatic imine (C=N–C) groups is 1. The molecule has 0 bridgehead atoms. The molecule has 0 aromatic carbocycles. The lowest BCUT2D eigenvalue weighted by Gasteiger charge is -2.08. The zero-order valence-corrected chi connectivity index (χ0v) is 12.4. The first-order valence-corrected chi connectivity index (χ1v) is 6.57. The van der Waals surface area contributed by atoms with Crippen molar-refractivity contribution in [3.63, 3.8) is 0 Å². The van der Waals surface area contributed by atoms with E-state index >= 15 is 0 Å². The van der Waals surface area contributed by atoms with Gasteiger partial charge in [-0.15, -0.1) is 0 Å². The fourth-order valence-electron chi connectivity index (χ4n) is 1.39. The van der Waals surface area contributed by atoms with E-state index in [9.17, 15) is 4.79 Å². The third-order valence-corrected chi connectivity index (χ3v) is 2.54. The normalized spacial score (nSPS) is 10.6. The molecule has 0 aliphatic carbocycles. The van der Waals surface area contributed by atoms with Crippen LogP contribution in [0.3, 0.4) is 0 Å². The highest BCUT2D eigenvalue weighted by atomic mass is 16.1. The molecule has 102 valence electrons. The largest absolute Gasteiger partial charge is 0.290 e. The molecule has 0 saturated carbocycles. The van der Waals surface area contributed by atoms with Gasteiger partial charge in [0, 0.05) is 11.8 Å². The maximum Gasteiger partial charge on any atom is 0.290 e. The van der Waals surface area contributed by atoms with Crippen molar-refractivity contribution < 1.29 is 0 Å². The van der Waals surface area contributed by atoms with Gasteiger partial charge in [-0.1, -0.05) is 40.5 Å². The second-order valence-corrected chi connectivity index (χ2v) is 4.45. The summed E-state index contributed by atoms with van der Waals surface area (Å²) in [6, 6.07) is 0. The molecule has 0 spiro atoms. The number of hydrogen-bond acceptors (Lipinski definition) is 3. The van der Waals surface area contributed by atoms with E-state index in [0.717, 1.165) is 11.3 Å². The maximum atomic E-state index is 11.4. The van der Waals surface area contributed by atoms with Crippen LogP contribution in [0.2, 0.25) is 0 Å². The Morgan fingerprint density at radius 3 is 2.28 bits per heavy atom. The van der Waals surface area contributed by atoms with Gasteiger partial charge in [0.1, 0.15) is 5.69 Å². The highest BCUT2D eigenvalue weighted by molar-refractivity contribution is 5.62. The van der Waals surface area contributed by atoms with Crippen molar-refractivity contribution >= 4 is 11.9 Å². The standard InChI is InChI=1S/C10H15N3O.C4H10/c1-5-11-9-7(4)8(6(2)3)12-13-10(9)14;1-3-4-2/h5-6H,1-4H3,(H,13,14);3-4H2,1-2H3. The summed E-state index contributed by atoms with van der Waals surface area (Å²) in [4.78, 5) is 15.4. The molecule has 1 rings (SSSR count). The van der Waals surface area contributed by atoms with Crippen molar-refractivity contribution in [2.24, 2.45) is 4.99 Å². The molecule has 1 aromatic rings. The molecule has 4 heteroatoms. The Morgan fingerprint density at radius 1 is 1.33 bits per heavy atom. The van der Waals surface area contributed by atoms with Crippen LogP contribution in [0.25, 0.3) is 0 Å². The summed E-state index contributed by atoms with van der Waals surface area (Å²) < 4.78 is 0. The number of unbranched alkanes of at least 4 members (excludes halogenated alkanes) is 1. The molecule has 1 N–H and O–H groups in total. The van der Waals surface area contributed by atoms with Crippen molar-refractivity contribution in [2.75, 3.05) is 0 Å². The van der Waals surface area contributed by atoms with E-state index in [1.807, 2.05) is 20.8 Å². The Hall–Kier alpha value is -1.45. The van der Waals surface area contributed by atoms with Crippen LogP contribution in [0.15, 0.2) is 9.79 Å². The highest BCUT2D eigenvalue weighted by Crippen LogP contribution is 2.20. The maximum absolute atomic E-state index is 11.4. The molecule has 0 fully saturated rings. The zero-order valence-electron chi connectivity index (χ0n) is 12.4. The van der Waals surface area contributed by atoms with E-state index in [4.69, 9.17) is 0 Å². The Morgan fingerprint density at radius 2 is 1.89 bits per heavy atom. The second kappa shape index (κ2) is 8.61. The van der Waals surface area contributed by atoms with Gasteiger partial charge in [0.25, 0.3) is 5.56 Å². The minimum Gasteiger partial charge on any atom is -0.266 e. The molecule has 0 radical (unpaired) electrons. The van der Waals surface area contributed by atoms with Crippen LogP contribution in [0.4, 0.5) is 5.69 Å². The predicted octanol–water partition coefficient (Wildman–Crippen LogP) is 3.73. The molecule has 18 heavy (non-hydrogen) atoms. The molecule has 0 aliphatic heterocycles. The van der Waals surface area contributed by atoms with E-state index in [1.165, 1.54) is 12.8 Å². The molecule has 4 nitrogen and oxygen atoms in total. The lowest BCUT2D eigenvalue weighted by atomic mass is 10.0. The summed E-state index contributed by atoms with van der Waals surface area (Å²) in [5, 5.41) is 6.46. The van der Waals surface area contributed by atoms with Gasteiger partial charge in [0.05, 0.1) is 5.69 Å². The monoisotopic (exact) mass is 251 g/mol. The van der Waals surface area contributed by atoms with Gasteiger partial charge in [-0.3, -0.25) is 9.79 Å². The van der Waals surface area contributed by atoms with Crippen LogP contribution in [-0.4, -0.2) is 16.4 Å². The summed E-state index contributed by atoms with van der Waals surface area (Å²) in [7, 11) is 0. The van der Waals surface area contributed by atoms with E-state index in [1.54, 1.807) is 13.1 Å². The van der Waals surface area contributed by atoms with Crippen LogP contribution in [0.5, 0.6) is 0 Å². The third-order valence-electron chi connectivity index (χ3n) is 2.54. The van der Waals surface area contributed by atoms with Crippen LogP contribution >= 0.6 is 0 Å². The summed E-state index contributed by atoms with van der Waals surface area (Å²) in [5.41, 5.74) is 1.99. The third kappa shape index (κ3) is 4.82. The molecule has 1 heterocycles. The first-order valence-electron chi connectivity index (χ1n) is 6.57. The lowest BCUT2D eigenvalue weighted by molar-refractivity contribution is 0.766. The summed E-state index contributed by atoms with van der Waals surface area (Å²) in [6.45, 7) is 12.1. The van der Waals surface area contributed by atoms with Crippen molar-refractivity contribution in [1.82, 2.24) is 10.2 Å². The number of H-pyrrole nitrogens is 1. The number of aromatic amines is 1. The Kier molecular flexibility index (Phi) is 7.92. The Bertz CT molecular complexity index is 431. The molecular formula is C14H25N3O. The first-order chi connectivity index (χ1) is 8.49. The predicted molar refractivity (Wildman–Crippen MR) is 78.1 cm³/mol. The minimum absolute atomic E-state index is 0.231. The Balaban J connectivity index is 0.000000631. The van der Waals surface area contributed by atoms with Crippen LogP contribution in [0.1, 0.15) is 64.6 Å². The van der Waals surface area contributed by atoms with Gasteiger partial charge in [0.15, 0.2) is 0 Å². The molecular weight excluding hydrogens is 226 g/mol. The number of hydrogen-bond donors (Lipinski definition) is 1. The van der Waals surface area contributed by atoms with Gasteiger partial charge in [-0.05, 0) is 19.8 Å². The van der Waals surface area contributed by atoms with Gasteiger partial charge < -0.3 is 0 Å². The van der Waals surface area contributed by atoms with Crippen LogP contribution in [0, 0.1) is 6.92 Å². The number of aromatic nitrogens is 2. The van der Waals surface area contributed by atoms with E-state index in [0.29, 0.717) is 5.69 Å². The fraction of sp³-hybridized carbons (Fsp3) is 0.643. The summed E-state index contributed by atoms with van der Waals surface area (Å²) >= 11 is 0. The van der Waals surface area contributed by atoms with Crippen molar-refractivity contribution in [2.45, 2.75) is 60.3 Å². The van der Waals surface area contributed by atoms with E-state index < -0.39 is 0 Å². The molecule has 1 aromatic heterocycles. The van der Waals surface area contributed by atoms with E-state index in [-0.39, 0.29) is 11.5 Å². The average molecular weight is 251 g/mol. The van der Waals surface area contributed by atoms with Crippen molar-refractivity contribution in [3.8, 4) is 0 Å². The van der Waals surface area contributed by atoms with Crippen LogP contribution in [-0.2, 0) is 0 Å². The number of rotatable bonds is 3. The first kappa shape index (κ1) is 16.6. The molecule has 0 saturated heterocycles. The van der Waals surface area contributed by atoms with Crippen molar-refractivity contribution in [1.29, 1.82) is 0 Å². The van der Waals surface area contributed by atoms with Gasteiger partial charge in [-0.25, -0.2) is 5.10 Å². The SMILES string of the molecule is CC=Nc1c(C)c(C(C)C)n[nH]c1=O.CCCC. The zero-order chi connectivity index (χ0) is 14.1. The number of nitrogens with zero attached hydrogens (tertiary/aromatic N) is 2. The fourth-order valence-corrected chi connectivity index (χ4v) is 1.39. The van der Waals surface area contributed by atoms with E-state index in [2.05, 4.69) is 29.0 Å². The topological polar surface area (TPSA) is 58.1 Å². The molecule has 0 atom stereocenters. The smallest absolute Gasteiger partial charge is 0.266 e. The van der Waals surface area contributed by atoms with Gasteiger partial charge in [-0.2, -0.15) is 5.10 Å². The summed E-state index contributed by atoms with van der Waals surface area (Å²) in [5.74, 6) is 0.289. The average Bonchev–Trinajstić information content (AvgIpc) is 2.34. The second-order valence-electron chi connectivity index (χ2n) is 4.45. The summed E-state index contributed by atoms with van der Waals surface area (Å²) in [6.07, 6.45) is 4.25. The molecule has 0 aliphatic rings.